The molecule has 2 aliphatic rings. The highest BCUT2D eigenvalue weighted by Gasteiger charge is 2.60. The average molecular weight is 183 g/mol. The largest absolute Gasteiger partial charge is 0.465 e. The fourth-order valence-corrected chi connectivity index (χ4v) is 2.30. The number of esters is 1. The highest BCUT2D eigenvalue weighted by molar-refractivity contribution is 5.85. The monoisotopic (exact) mass is 183 g/mol. The van der Waals surface area contributed by atoms with Crippen molar-refractivity contribution in [1.29, 1.82) is 0 Å². The molecule has 1 aliphatic carbocycles. The summed E-state index contributed by atoms with van der Waals surface area (Å²) < 4.78 is 5.08. The van der Waals surface area contributed by atoms with E-state index in [4.69, 9.17) is 4.74 Å². The van der Waals surface area contributed by atoms with E-state index in [-0.39, 0.29) is 11.5 Å². The maximum Gasteiger partial charge on any atom is 0.326 e. The predicted octanol–water partition coefficient (Wildman–Crippen LogP) is 1.08. The van der Waals surface area contributed by atoms with Crippen molar-refractivity contribution in [2.75, 3.05) is 13.2 Å². The number of ether oxygens (including phenoxy) is 1. The number of carbonyl (C=O) groups excluding carboxylic acids is 1. The molecule has 0 spiro atoms. The minimum absolute atomic E-state index is 0.0260. The molecule has 2 unspecified atom stereocenters. The zero-order valence-corrected chi connectivity index (χ0v) is 8.14. The van der Waals surface area contributed by atoms with Crippen LogP contribution in [0.25, 0.3) is 0 Å². The molecule has 0 aromatic carbocycles. The second-order valence-electron chi connectivity index (χ2n) is 4.02. The molecule has 1 aliphatic heterocycles. The summed E-state index contributed by atoms with van der Waals surface area (Å²) in [5.74, 6) is 0.524. The molecule has 2 fully saturated rings. The van der Waals surface area contributed by atoms with E-state index in [9.17, 15) is 4.79 Å². The van der Waals surface area contributed by atoms with Crippen molar-refractivity contribution in [1.82, 2.24) is 5.32 Å². The van der Waals surface area contributed by atoms with Gasteiger partial charge in [0.1, 0.15) is 5.54 Å². The lowest BCUT2D eigenvalue weighted by atomic mass is 10.1. The molecule has 3 heteroatoms. The zero-order valence-electron chi connectivity index (χ0n) is 8.14. The summed E-state index contributed by atoms with van der Waals surface area (Å²) in [4.78, 5) is 11.6. The average Bonchev–Trinajstić information content (AvgIpc) is 2.77. The molecule has 1 N–H and O–H groups in total. The van der Waals surface area contributed by atoms with Gasteiger partial charge >= 0.3 is 5.97 Å². The van der Waals surface area contributed by atoms with Crippen LogP contribution in [0.15, 0.2) is 0 Å². The molecule has 0 aromatic rings. The molecule has 2 rings (SSSR count). The van der Waals surface area contributed by atoms with E-state index < -0.39 is 0 Å². The molecule has 1 saturated carbocycles. The first kappa shape index (κ1) is 9.00. The Kier molecular flexibility index (Phi) is 2.28. The Hall–Kier alpha value is -0.570. The second kappa shape index (κ2) is 3.29. The van der Waals surface area contributed by atoms with Gasteiger partial charge in [-0.15, -0.1) is 0 Å². The van der Waals surface area contributed by atoms with Gasteiger partial charge in [-0.2, -0.15) is 0 Å². The van der Waals surface area contributed by atoms with Gasteiger partial charge < -0.3 is 10.1 Å². The standard InChI is InChI=1S/C10H17NO2/c1-2-13-9(12)10-7-8(10)5-3-4-6-11-10/h8,11H,2-7H2,1H3. The first-order chi connectivity index (χ1) is 6.29. The van der Waals surface area contributed by atoms with Gasteiger partial charge in [0.05, 0.1) is 6.61 Å². The zero-order chi connectivity index (χ0) is 9.31. The van der Waals surface area contributed by atoms with E-state index in [1.165, 1.54) is 19.3 Å². The van der Waals surface area contributed by atoms with Gasteiger partial charge in [-0.25, -0.2) is 0 Å². The van der Waals surface area contributed by atoms with Gasteiger partial charge in [0.2, 0.25) is 0 Å². The van der Waals surface area contributed by atoms with Crippen LogP contribution in [0.3, 0.4) is 0 Å². The molecule has 1 saturated heterocycles. The summed E-state index contributed by atoms with van der Waals surface area (Å²) in [7, 11) is 0. The van der Waals surface area contributed by atoms with Crippen molar-refractivity contribution in [2.24, 2.45) is 5.92 Å². The normalized spacial score (nSPS) is 37.5. The predicted molar refractivity (Wildman–Crippen MR) is 49.3 cm³/mol. The van der Waals surface area contributed by atoms with Crippen molar-refractivity contribution >= 4 is 5.97 Å². The van der Waals surface area contributed by atoms with Crippen LogP contribution in [0.2, 0.25) is 0 Å². The van der Waals surface area contributed by atoms with Crippen LogP contribution >= 0.6 is 0 Å². The van der Waals surface area contributed by atoms with Gasteiger partial charge in [-0.1, -0.05) is 6.42 Å². The minimum atomic E-state index is -0.271. The second-order valence-corrected chi connectivity index (χ2v) is 4.02. The van der Waals surface area contributed by atoms with Gasteiger partial charge in [-0.3, -0.25) is 4.79 Å². The van der Waals surface area contributed by atoms with Gasteiger partial charge in [0, 0.05) is 0 Å². The van der Waals surface area contributed by atoms with Crippen molar-refractivity contribution < 1.29 is 9.53 Å². The van der Waals surface area contributed by atoms with E-state index in [0.717, 1.165) is 13.0 Å². The molecule has 2 atom stereocenters. The van der Waals surface area contributed by atoms with Gasteiger partial charge in [0.15, 0.2) is 0 Å². The maximum atomic E-state index is 11.6. The number of hydrogen-bond donors (Lipinski definition) is 1. The van der Waals surface area contributed by atoms with E-state index in [0.29, 0.717) is 12.5 Å². The lowest BCUT2D eigenvalue weighted by Gasteiger charge is -2.15. The maximum absolute atomic E-state index is 11.6. The van der Waals surface area contributed by atoms with Crippen molar-refractivity contribution in [3.63, 3.8) is 0 Å². The van der Waals surface area contributed by atoms with E-state index in [1.54, 1.807) is 0 Å². The Labute approximate surface area is 78.8 Å². The molecule has 3 nitrogen and oxygen atoms in total. The SMILES string of the molecule is CCOC(=O)C12CC1CCCCN2. The minimum Gasteiger partial charge on any atom is -0.465 e. The van der Waals surface area contributed by atoms with E-state index in [1.807, 2.05) is 6.92 Å². The summed E-state index contributed by atoms with van der Waals surface area (Å²) in [5, 5.41) is 3.34. The van der Waals surface area contributed by atoms with Crippen LogP contribution in [-0.4, -0.2) is 24.7 Å². The first-order valence-corrected chi connectivity index (χ1v) is 5.22. The molecule has 0 amide bonds. The Balaban J connectivity index is 2.00. The van der Waals surface area contributed by atoms with Crippen LogP contribution in [0.1, 0.15) is 32.6 Å². The smallest absolute Gasteiger partial charge is 0.326 e. The fraction of sp³-hybridized carbons (Fsp3) is 0.900. The number of hydrogen-bond acceptors (Lipinski definition) is 3. The molecular formula is C10H17NO2. The number of nitrogens with one attached hydrogen (secondary N) is 1. The Morgan fingerprint density at radius 2 is 2.46 bits per heavy atom. The van der Waals surface area contributed by atoms with E-state index in [2.05, 4.69) is 5.32 Å². The topological polar surface area (TPSA) is 38.3 Å². The highest BCUT2D eigenvalue weighted by Crippen LogP contribution is 2.48. The Bertz CT molecular complexity index is 217. The summed E-state index contributed by atoms with van der Waals surface area (Å²) in [6.45, 7) is 3.33. The van der Waals surface area contributed by atoms with Crippen LogP contribution in [0, 0.1) is 5.92 Å². The summed E-state index contributed by atoms with van der Waals surface area (Å²) in [6, 6.07) is 0. The number of fused-ring (bicyclic) bond motifs is 1. The van der Waals surface area contributed by atoms with Crippen LogP contribution in [-0.2, 0) is 9.53 Å². The molecule has 0 aromatic heterocycles. The van der Waals surface area contributed by atoms with E-state index >= 15 is 0 Å². The third-order valence-corrected chi connectivity index (χ3v) is 3.16. The quantitative estimate of drug-likeness (QED) is 0.651. The van der Waals surface area contributed by atoms with Crippen molar-refractivity contribution in [3.8, 4) is 0 Å². The first-order valence-electron chi connectivity index (χ1n) is 5.22. The summed E-state index contributed by atoms with van der Waals surface area (Å²) >= 11 is 0. The Morgan fingerprint density at radius 1 is 1.62 bits per heavy atom. The number of carbonyl (C=O) groups is 1. The highest BCUT2D eigenvalue weighted by atomic mass is 16.5. The molecule has 74 valence electrons. The summed E-state index contributed by atoms with van der Waals surface area (Å²) in [5.41, 5.74) is -0.271. The van der Waals surface area contributed by atoms with Gasteiger partial charge in [-0.05, 0) is 38.6 Å². The van der Waals surface area contributed by atoms with Crippen LogP contribution in [0.4, 0.5) is 0 Å². The van der Waals surface area contributed by atoms with Gasteiger partial charge in [0.25, 0.3) is 0 Å². The van der Waals surface area contributed by atoms with Crippen LogP contribution in [0.5, 0.6) is 0 Å². The third kappa shape index (κ3) is 1.46. The fourth-order valence-electron chi connectivity index (χ4n) is 2.30. The lowest BCUT2D eigenvalue weighted by Crippen LogP contribution is -2.42. The third-order valence-electron chi connectivity index (χ3n) is 3.16. The van der Waals surface area contributed by atoms with Crippen molar-refractivity contribution in [2.45, 2.75) is 38.1 Å². The molecule has 13 heavy (non-hydrogen) atoms. The molecule has 0 radical (unpaired) electrons. The molecular weight excluding hydrogens is 166 g/mol. The summed E-state index contributed by atoms with van der Waals surface area (Å²) in [6.07, 6.45) is 4.62. The molecule has 0 bridgehead atoms. The number of rotatable bonds is 2. The Morgan fingerprint density at radius 3 is 3.23 bits per heavy atom. The lowest BCUT2D eigenvalue weighted by molar-refractivity contribution is -0.147. The van der Waals surface area contributed by atoms with Crippen molar-refractivity contribution in [3.05, 3.63) is 0 Å². The molecule has 1 heterocycles. The van der Waals surface area contributed by atoms with Crippen LogP contribution < -0.4 is 5.32 Å².